The van der Waals surface area contributed by atoms with Crippen molar-refractivity contribution >= 4 is 5.78 Å². The minimum atomic E-state index is -0.0479. The van der Waals surface area contributed by atoms with Crippen molar-refractivity contribution in [2.75, 3.05) is 0 Å². The number of Topliss-reactive ketones (excluding diaryl/α,β-unsaturated/α-hetero) is 1. The van der Waals surface area contributed by atoms with Gasteiger partial charge < -0.3 is 0 Å². The molecule has 4 rings (SSSR count). The van der Waals surface area contributed by atoms with Crippen molar-refractivity contribution in [1.29, 1.82) is 0 Å². The van der Waals surface area contributed by atoms with E-state index in [0.29, 0.717) is 12.3 Å². The third-order valence-corrected chi connectivity index (χ3v) is 5.40. The van der Waals surface area contributed by atoms with Gasteiger partial charge in [0, 0.05) is 12.0 Å². The number of carbonyl (C=O) groups excluding carboxylic acids is 1. The van der Waals surface area contributed by atoms with Crippen LogP contribution < -0.4 is 0 Å². The fourth-order valence-electron chi connectivity index (χ4n) is 3.96. The molecule has 0 radical (unpaired) electrons. The highest BCUT2D eigenvalue weighted by molar-refractivity contribution is 6.04. The molecule has 0 saturated carbocycles. The van der Waals surface area contributed by atoms with Crippen LogP contribution in [0, 0.1) is 5.41 Å². The maximum absolute atomic E-state index is 13.0. The lowest BCUT2D eigenvalue weighted by molar-refractivity contribution is 0.0911. The van der Waals surface area contributed by atoms with E-state index in [-0.39, 0.29) is 11.2 Å². The molecule has 1 aliphatic rings. The molecule has 1 aromatic heterocycles. The van der Waals surface area contributed by atoms with E-state index < -0.39 is 0 Å². The number of fused-ring (bicyclic) bond motifs is 1. The van der Waals surface area contributed by atoms with Gasteiger partial charge in [-0.1, -0.05) is 70.2 Å². The van der Waals surface area contributed by atoms with Crippen molar-refractivity contribution in [2.24, 2.45) is 5.41 Å². The van der Waals surface area contributed by atoms with Crippen LogP contribution in [0.1, 0.15) is 61.6 Å². The van der Waals surface area contributed by atoms with Gasteiger partial charge in [0.15, 0.2) is 5.78 Å². The van der Waals surface area contributed by atoms with E-state index in [1.165, 1.54) is 5.56 Å². The molecular weight excluding hydrogens is 332 g/mol. The van der Waals surface area contributed by atoms with Crippen LogP contribution >= 0.6 is 0 Å². The monoisotopic (exact) mass is 358 g/mol. The molecule has 3 aromatic rings. The van der Waals surface area contributed by atoms with E-state index in [1.807, 2.05) is 35.0 Å². The largest absolute Gasteiger partial charge is 0.294 e. The Kier molecular flexibility index (Phi) is 4.26. The predicted octanol–water partition coefficient (Wildman–Crippen LogP) is 5.82. The summed E-state index contributed by atoms with van der Waals surface area (Å²) in [4.78, 5) is 13.0. The maximum atomic E-state index is 13.0. The standard InChI is InChI=1S/C24H26N2O/c1-16(2)17-10-12-19(13-11-17)26-20-14-24(3,4)15-21(27)22(20)23(25-26)18-8-6-5-7-9-18/h5-13,16H,14-15H2,1-4H3. The van der Waals surface area contributed by atoms with Crippen molar-refractivity contribution in [2.45, 2.75) is 46.5 Å². The Balaban J connectivity index is 1.91. The van der Waals surface area contributed by atoms with Gasteiger partial charge in [0.2, 0.25) is 0 Å². The van der Waals surface area contributed by atoms with Gasteiger partial charge in [0.05, 0.1) is 16.9 Å². The van der Waals surface area contributed by atoms with Crippen LogP contribution in [-0.4, -0.2) is 15.6 Å². The summed E-state index contributed by atoms with van der Waals surface area (Å²) in [7, 11) is 0. The highest BCUT2D eigenvalue weighted by Gasteiger charge is 2.36. The smallest absolute Gasteiger partial charge is 0.167 e. The van der Waals surface area contributed by atoms with Gasteiger partial charge in [-0.2, -0.15) is 5.10 Å². The highest BCUT2D eigenvalue weighted by Crippen LogP contribution is 2.40. The van der Waals surface area contributed by atoms with Gasteiger partial charge >= 0.3 is 0 Å². The first-order valence-electron chi connectivity index (χ1n) is 9.66. The van der Waals surface area contributed by atoms with E-state index in [0.717, 1.165) is 34.6 Å². The number of carbonyl (C=O) groups is 1. The van der Waals surface area contributed by atoms with Crippen LogP contribution in [0.2, 0.25) is 0 Å². The van der Waals surface area contributed by atoms with Crippen LogP contribution in [0.4, 0.5) is 0 Å². The molecule has 0 fully saturated rings. The van der Waals surface area contributed by atoms with Crippen LogP contribution in [0.15, 0.2) is 54.6 Å². The summed E-state index contributed by atoms with van der Waals surface area (Å²) in [6, 6.07) is 18.6. The molecule has 0 saturated heterocycles. The first-order chi connectivity index (χ1) is 12.9. The SMILES string of the molecule is CC(C)c1ccc(-n2nc(-c3ccccc3)c3c2CC(C)(C)CC3=O)cc1. The van der Waals surface area contributed by atoms with Gasteiger partial charge in [-0.25, -0.2) is 4.68 Å². The molecule has 0 amide bonds. The first kappa shape index (κ1) is 17.7. The third kappa shape index (κ3) is 3.23. The summed E-state index contributed by atoms with van der Waals surface area (Å²) in [5.74, 6) is 0.691. The van der Waals surface area contributed by atoms with Crippen LogP contribution in [0.25, 0.3) is 16.9 Å². The molecule has 0 aliphatic heterocycles. The lowest BCUT2D eigenvalue weighted by Crippen LogP contribution is -2.28. The second-order valence-electron chi connectivity index (χ2n) is 8.64. The molecule has 2 aromatic carbocycles. The number of benzene rings is 2. The van der Waals surface area contributed by atoms with E-state index in [4.69, 9.17) is 5.10 Å². The van der Waals surface area contributed by atoms with Gasteiger partial charge in [0.1, 0.15) is 5.69 Å². The Morgan fingerprint density at radius 3 is 2.26 bits per heavy atom. The molecule has 3 nitrogen and oxygen atoms in total. The zero-order chi connectivity index (χ0) is 19.2. The third-order valence-electron chi connectivity index (χ3n) is 5.40. The quantitative estimate of drug-likeness (QED) is 0.591. The average Bonchev–Trinajstić information content (AvgIpc) is 3.01. The predicted molar refractivity (Wildman–Crippen MR) is 110 cm³/mol. The summed E-state index contributed by atoms with van der Waals surface area (Å²) in [6.07, 6.45) is 1.41. The summed E-state index contributed by atoms with van der Waals surface area (Å²) >= 11 is 0. The Labute approximate surface area is 161 Å². The second-order valence-corrected chi connectivity index (χ2v) is 8.64. The number of nitrogens with zero attached hydrogens (tertiary/aromatic N) is 2. The van der Waals surface area contributed by atoms with Gasteiger partial charge in [-0.3, -0.25) is 4.79 Å². The molecule has 138 valence electrons. The fraction of sp³-hybridized carbons (Fsp3) is 0.333. The number of aromatic nitrogens is 2. The Morgan fingerprint density at radius 2 is 1.63 bits per heavy atom. The number of hydrogen-bond acceptors (Lipinski definition) is 2. The Bertz CT molecular complexity index is 979. The molecular formula is C24H26N2O. The van der Waals surface area contributed by atoms with E-state index >= 15 is 0 Å². The Hall–Kier alpha value is -2.68. The van der Waals surface area contributed by atoms with Crippen LogP contribution in [-0.2, 0) is 6.42 Å². The fourth-order valence-corrected chi connectivity index (χ4v) is 3.96. The zero-order valence-electron chi connectivity index (χ0n) is 16.5. The first-order valence-corrected chi connectivity index (χ1v) is 9.66. The zero-order valence-corrected chi connectivity index (χ0v) is 16.5. The van der Waals surface area contributed by atoms with Crippen molar-refractivity contribution in [1.82, 2.24) is 9.78 Å². The van der Waals surface area contributed by atoms with Gasteiger partial charge in [-0.15, -0.1) is 0 Å². The lowest BCUT2D eigenvalue weighted by Gasteiger charge is -2.29. The van der Waals surface area contributed by atoms with Crippen molar-refractivity contribution in [3.8, 4) is 16.9 Å². The summed E-state index contributed by atoms with van der Waals surface area (Å²) < 4.78 is 1.99. The average molecular weight is 358 g/mol. The number of hydrogen-bond donors (Lipinski definition) is 0. The van der Waals surface area contributed by atoms with Crippen molar-refractivity contribution in [3.05, 3.63) is 71.4 Å². The number of rotatable bonds is 3. The second kappa shape index (κ2) is 6.49. The topological polar surface area (TPSA) is 34.9 Å². The maximum Gasteiger partial charge on any atom is 0.167 e. The highest BCUT2D eigenvalue weighted by atomic mass is 16.1. The van der Waals surface area contributed by atoms with Gasteiger partial charge in [-0.05, 0) is 35.4 Å². The van der Waals surface area contributed by atoms with E-state index in [9.17, 15) is 4.79 Å². The minimum absolute atomic E-state index is 0.0479. The molecule has 1 aliphatic carbocycles. The van der Waals surface area contributed by atoms with E-state index in [2.05, 4.69) is 52.0 Å². The minimum Gasteiger partial charge on any atom is -0.294 e. The molecule has 0 unspecified atom stereocenters. The normalized spacial score (nSPS) is 15.8. The van der Waals surface area contributed by atoms with Crippen molar-refractivity contribution in [3.63, 3.8) is 0 Å². The van der Waals surface area contributed by atoms with Gasteiger partial charge in [0.25, 0.3) is 0 Å². The lowest BCUT2D eigenvalue weighted by atomic mass is 9.75. The molecule has 27 heavy (non-hydrogen) atoms. The molecule has 0 spiro atoms. The summed E-state index contributed by atoms with van der Waals surface area (Å²) in [5, 5.41) is 4.92. The molecule has 0 atom stereocenters. The number of ketones is 1. The molecule has 3 heteroatoms. The van der Waals surface area contributed by atoms with Crippen LogP contribution in [0.5, 0.6) is 0 Å². The summed E-state index contributed by atoms with van der Waals surface area (Å²) in [6.45, 7) is 8.71. The Morgan fingerprint density at radius 1 is 0.963 bits per heavy atom. The molecule has 0 N–H and O–H groups in total. The van der Waals surface area contributed by atoms with Crippen molar-refractivity contribution < 1.29 is 4.79 Å². The molecule has 0 bridgehead atoms. The summed E-state index contributed by atoms with van der Waals surface area (Å²) in [5.41, 5.74) is 5.91. The van der Waals surface area contributed by atoms with E-state index in [1.54, 1.807) is 0 Å². The van der Waals surface area contributed by atoms with Crippen LogP contribution in [0.3, 0.4) is 0 Å². The molecule has 1 heterocycles.